The van der Waals surface area contributed by atoms with Gasteiger partial charge in [0.05, 0.1) is 45.1 Å². The number of carbonyl (C=O) groups is 2. The lowest BCUT2D eigenvalue weighted by Crippen LogP contribution is -2.31. The van der Waals surface area contributed by atoms with Crippen LogP contribution >= 0.6 is 11.8 Å². The van der Waals surface area contributed by atoms with E-state index in [2.05, 4.69) is 22.0 Å². The standard InChI is InChI=1S/C28H25N5O5S/c1-16-6-4-7-19(12-16)31-27(35)25-18(3)30-28(21(14-29)26(25)23-8-5-11-38-23)39-15-24(34)32-22-10-9-20(33(36)37)13-17(22)2/h4-13,26,30H,15H2,1-3H3,(H,31,35)(H,32,34)/t26-/m0/s1. The molecule has 0 spiro atoms. The molecule has 1 aliphatic rings. The molecule has 198 valence electrons. The number of dihydropyridines is 1. The predicted molar refractivity (Wildman–Crippen MR) is 149 cm³/mol. The van der Waals surface area contributed by atoms with Crippen LogP contribution in [0.2, 0.25) is 0 Å². The summed E-state index contributed by atoms with van der Waals surface area (Å²) < 4.78 is 5.63. The molecule has 0 aliphatic carbocycles. The van der Waals surface area contributed by atoms with Gasteiger partial charge in [-0.1, -0.05) is 23.9 Å². The molecule has 0 fully saturated rings. The molecule has 11 heteroatoms. The van der Waals surface area contributed by atoms with Gasteiger partial charge >= 0.3 is 0 Å². The lowest BCUT2D eigenvalue weighted by molar-refractivity contribution is -0.384. The van der Waals surface area contributed by atoms with Crippen LogP contribution in [0.4, 0.5) is 17.1 Å². The normalized spacial score (nSPS) is 14.9. The van der Waals surface area contributed by atoms with Crippen molar-refractivity contribution in [2.45, 2.75) is 26.7 Å². The number of nitro groups is 1. The molecule has 4 rings (SSSR count). The number of hydrogen-bond donors (Lipinski definition) is 3. The van der Waals surface area contributed by atoms with Gasteiger partial charge in [-0.05, 0) is 62.2 Å². The van der Waals surface area contributed by atoms with Gasteiger partial charge in [0, 0.05) is 29.2 Å². The van der Waals surface area contributed by atoms with Crippen molar-refractivity contribution in [3.63, 3.8) is 0 Å². The van der Waals surface area contributed by atoms with Gasteiger partial charge in [-0.15, -0.1) is 0 Å². The molecular formula is C28H25N5O5S. The summed E-state index contributed by atoms with van der Waals surface area (Å²) >= 11 is 1.11. The SMILES string of the molecule is CC1=C(C(=O)Nc2cccc(C)c2)[C@H](c2ccco2)C(C#N)=C(SCC(=O)Nc2ccc([N+](=O)[O-])cc2C)N1. The third-order valence-corrected chi connectivity index (χ3v) is 7.06. The van der Waals surface area contributed by atoms with Crippen LogP contribution in [0.1, 0.15) is 29.7 Å². The topological polar surface area (TPSA) is 150 Å². The third kappa shape index (κ3) is 6.19. The molecule has 2 aromatic carbocycles. The van der Waals surface area contributed by atoms with E-state index < -0.39 is 10.8 Å². The Labute approximate surface area is 228 Å². The van der Waals surface area contributed by atoms with Gasteiger partial charge < -0.3 is 20.4 Å². The number of benzene rings is 2. The molecule has 3 N–H and O–H groups in total. The highest BCUT2D eigenvalue weighted by molar-refractivity contribution is 8.03. The fourth-order valence-corrected chi connectivity index (χ4v) is 5.11. The number of aryl methyl sites for hydroxylation is 2. The second-order valence-electron chi connectivity index (χ2n) is 8.88. The number of non-ortho nitro benzene ring substituents is 1. The zero-order valence-corrected chi connectivity index (χ0v) is 22.2. The van der Waals surface area contributed by atoms with Gasteiger partial charge in [0.1, 0.15) is 5.76 Å². The Balaban J connectivity index is 1.56. The van der Waals surface area contributed by atoms with Crippen molar-refractivity contribution in [1.29, 1.82) is 5.26 Å². The Morgan fingerprint density at radius 1 is 1.13 bits per heavy atom. The van der Waals surface area contributed by atoms with Crippen molar-refractivity contribution >= 4 is 40.6 Å². The van der Waals surface area contributed by atoms with Crippen LogP contribution in [0.15, 0.2) is 87.1 Å². The quantitative estimate of drug-likeness (QED) is 0.249. The van der Waals surface area contributed by atoms with E-state index in [4.69, 9.17) is 4.42 Å². The first kappa shape index (κ1) is 27.2. The Morgan fingerprint density at radius 3 is 2.56 bits per heavy atom. The van der Waals surface area contributed by atoms with Crippen LogP contribution < -0.4 is 16.0 Å². The van der Waals surface area contributed by atoms with Gasteiger partial charge in [-0.25, -0.2) is 0 Å². The second kappa shape index (κ2) is 11.7. The summed E-state index contributed by atoms with van der Waals surface area (Å²) in [6, 6.07) is 17.2. The molecule has 0 saturated carbocycles. The predicted octanol–water partition coefficient (Wildman–Crippen LogP) is 5.51. The van der Waals surface area contributed by atoms with E-state index in [-0.39, 0.29) is 28.8 Å². The largest absolute Gasteiger partial charge is 0.468 e. The molecule has 3 aromatic rings. The molecule has 1 aliphatic heterocycles. The molecule has 0 bridgehead atoms. The first-order valence-electron chi connectivity index (χ1n) is 11.9. The minimum atomic E-state index is -0.779. The lowest BCUT2D eigenvalue weighted by Gasteiger charge is -2.28. The molecular weight excluding hydrogens is 518 g/mol. The Kier molecular flexibility index (Phi) is 8.17. The molecule has 10 nitrogen and oxygen atoms in total. The summed E-state index contributed by atoms with van der Waals surface area (Å²) in [7, 11) is 0. The first-order chi connectivity index (χ1) is 18.7. The fourth-order valence-electron chi connectivity index (χ4n) is 4.21. The molecule has 0 radical (unpaired) electrons. The van der Waals surface area contributed by atoms with Crippen molar-refractivity contribution in [1.82, 2.24) is 5.32 Å². The average Bonchev–Trinajstić information content (AvgIpc) is 3.42. The Bertz CT molecular complexity index is 1550. The second-order valence-corrected chi connectivity index (χ2v) is 9.87. The highest BCUT2D eigenvalue weighted by atomic mass is 32.2. The van der Waals surface area contributed by atoms with E-state index in [9.17, 15) is 25.0 Å². The number of hydrogen-bond acceptors (Lipinski definition) is 8. The van der Waals surface area contributed by atoms with Crippen molar-refractivity contribution in [3.05, 3.63) is 110 Å². The maximum Gasteiger partial charge on any atom is 0.269 e. The lowest BCUT2D eigenvalue weighted by atomic mass is 9.85. The summed E-state index contributed by atoms with van der Waals surface area (Å²) in [4.78, 5) is 36.6. The number of nitrogens with one attached hydrogen (secondary N) is 3. The number of nitrogens with zero attached hydrogens (tertiary/aromatic N) is 2. The van der Waals surface area contributed by atoms with Gasteiger partial charge in [0.25, 0.3) is 11.6 Å². The molecule has 1 atom stereocenters. The van der Waals surface area contributed by atoms with Crippen LogP contribution in [0.3, 0.4) is 0 Å². The fraction of sp³-hybridized carbons (Fsp3) is 0.179. The first-order valence-corrected chi connectivity index (χ1v) is 12.9. The minimum absolute atomic E-state index is 0.0487. The van der Waals surface area contributed by atoms with E-state index in [0.29, 0.717) is 39.0 Å². The van der Waals surface area contributed by atoms with Crippen LogP contribution in [-0.2, 0) is 9.59 Å². The highest BCUT2D eigenvalue weighted by Gasteiger charge is 2.36. The van der Waals surface area contributed by atoms with Crippen molar-refractivity contribution in [2.24, 2.45) is 0 Å². The number of amides is 2. The summed E-state index contributed by atoms with van der Waals surface area (Å²) in [5, 5.41) is 30.3. The summed E-state index contributed by atoms with van der Waals surface area (Å²) in [6.07, 6.45) is 1.48. The zero-order valence-electron chi connectivity index (χ0n) is 21.4. The van der Waals surface area contributed by atoms with Crippen LogP contribution in [0.5, 0.6) is 0 Å². The number of nitro benzene ring substituents is 1. The Hall–Kier alpha value is -4.82. The van der Waals surface area contributed by atoms with E-state index in [1.165, 1.54) is 24.5 Å². The number of anilines is 2. The average molecular weight is 544 g/mol. The number of nitriles is 1. The number of rotatable bonds is 8. The summed E-state index contributed by atoms with van der Waals surface area (Å²) in [6.45, 7) is 5.32. The number of furan rings is 1. The monoisotopic (exact) mass is 543 g/mol. The molecule has 39 heavy (non-hydrogen) atoms. The van der Waals surface area contributed by atoms with Crippen molar-refractivity contribution in [3.8, 4) is 6.07 Å². The van der Waals surface area contributed by atoms with Gasteiger partial charge in [0.15, 0.2) is 0 Å². The maximum atomic E-state index is 13.4. The summed E-state index contributed by atoms with van der Waals surface area (Å²) in [5.41, 5.74) is 3.65. The smallest absolute Gasteiger partial charge is 0.269 e. The highest BCUT2D eigenvalue weighted by Crippen LogP contribution is 2.41. The number of thioether (sulfide) groups is 1. The van der Waals surface area contributed by atoms with Gasteiger partial charge in [-0.3, -0.25) is 19.7 Å². The number of carbonyl (C=O) groups excluding carboxylic acids is 2. The third-order valence-electron chi connectivity index (χ3n) is 6.04. The van der Waals surface area contributed by atoms with Crippen LogP contribution in [-0.4, -0.2) is 22.5 Å². The Morgan fingerprint density at radius 2 is 1.92 bits per heavy atom. The van der Waals surface area contributed by atoms with Gasteiger partial charge in [-0.2, -0.15) is 5.26 Å². The van der Waals surface area contributed by atoms with Crippen molar-refractivity contribution in [2.75, 3.05) is 16.4 Å². The van der Waals surface area contributed by atoms with E-state index in [1.54, 1.807) is 32.0 Å². The minimum Gasteiger partial charge on any atom is -0.468 e. The molecule has 0 unspecified atom stereocenters. The van der Waals surface area contributed by atoms with E-state index in [1.807, 2.05) is 25.1 Å². The molecule has 2 amide bonds. The van der Waals surface area contributed by atoms with Crippen LogP contribution in [0, 0.1) is 35.3 Å². The molecule has 0 saturated heterocycles. The van der Waals surface area contributed by atoms with Gasteiger partial charge in [0.2, 0.25) is 5.91 Å². The number of allylic oxidation sites excluding steroid dienone is 2. The van der Waals surface area contributed by atoms with Crippen LogP contribution in [0.25, 0.3) is 0 Å². The van der Waals surface area contributed by atoms with E-state index in [0.717, 1.165) is 17.3 Å². The van der Waals surface area contributed by atoms with Crippen molar-refractivity contribution < 1.29 is 18.9 Å². The summed E-state index contributed by atoms with van der Waals surface area (Å²) in [5.74, 6) is -1.14. The van der Waals surface area contributed by atoms with E-state index >= 15 is 0 Å². The molecule has 2 heterocycles. The molecule has 1 aromatic heterocycles. The zero-order chi connectivity index (χ0) is 28.1. The maximum absolute atomic E-state index is 13.4.